The molecule has 31 heavy (non-hydrogen) atoms. The van der Waals surface area contributed by atoms with E-state index in [2.05, 4.69) is 36.1 Å². The zero-order chi connectivity index (χ0) is 22.7. The molecule has 3 nitrogen and oxygen atoms in total. The van der Waals surface area contributed by atoms with Gasteiger partial charge in [-0.15, -0.1) is 0 Å². The van der Waals surface area contributed by atoms with E-state index in [1.807, 2.05) is 0 Å². The van der Waals surface area contributed by atoms with Crippen molar-refractivity contribution in [2.45, 2.75) is 122 Å². The van der Waals surface area contributed by atoms with Gasteiger partial charge in [0.1, 0.15) is 6.29 Å². The quantitative estimate of drug-likeness (QED) is 0.0910. The fourth-order valence-corrected chi connectivity index (χ4v) is 3.89. The predicted molar refractivity (Wildman–Crippen MR) is 137 cm³/mol. The van der Waals surface area contributed by atoms with Crippen molar-refractivity contribution in [3.63, 3.8) is 0 Å². The first-order chi connectivity index (χ1) is 15.3. The van der Waals surface area contributed by atoms with Crippen molar-refractivity contribution in [1.82, 2.24) is 4.90 Å². The second-order valence-electron chi connectivity index (χ2n) is 8.87. The van der Waals surface area contributed by atoms with Gasteiger partial charge in [-0.1, -0.05) is 89.0 Å². The first-order valence-corrected chi connectivity index (χ1v) is 13.4. The molecule has 0 heterocycles. The van der Waals surface area contributed by atoms with Crippen LogP contribution in [0.5, 0.6) is 0 Å². The minimum absolute atomic E-state index is 0.265. The lowest BCUT2D eigenvalue weighted by molar-refractivity contribution is -0.107. The molecular weight excluding hydrogens is 382 g/mol. The van der Waals surface area contributed by atoms with Gasteiger partial charge in [-0.2, -0.15) is 0 Å². The number of aldehydes is 1. The van der Waals surface area contributed by atoms with Crippen LogP contribution in [0.3, 0.4) is 0 Å². The van der Waals surface area contributed by atoms with Crippen LogP contribution in [-0.4, -0.2) is 42.5 Å². The Morgan fingerprint density at radius 2 is 1.06 bits per heavy atom. The fourth-order valence-electron chi connectivity index (χ4n) is 3.89. The van der Waals surface area contributed by atoms with Crippen molar-refractivity contribution in [1.29, 1.82) is 0 Å². The Bertz CT molecular complexity index is 406. The average Bonchev–Trinajstić information content (AvgIpc) is 2.78. The number of rotatable bonds is 25. The van der Waals surface area contributed by atoms with Gasteiger partial charge in [0.25, 0.3) is 0 Å². The number of allylic oxidation sites excluding steroid dienone is 4. The van der Waals surface area contributed by atoms with E-state index in [1.165, 1.54) is 96.3 Å². The number of hydrogen-bond acceptors (Lipinski definition) is 3. The van der Waals surface area contributed by atoms with E-state index in [1.54, 1.807) is 0 Å². The summed E-state index contributed by atoms with van der Waals surface area (Å²) in [6.07, 6.45) is 32.4. The lowest BCUT2D eigenvalue weighted by Crippen LogP contribution is -2.29. The molecule has 182 valence electrons. The zero-order valence-electron chi connectivity index (χ0n) is 20.7. The maximum Gasteiger partial charge on any atom is 0.119 e. The van der Waals surface area contributed by atoms with Crippen LogP contribution < -0.4 is 0 Å². The molecule has 0 aliphatic rings. The summed E-state index contributed by atoms with van der Waals surface area (Å²) < 4.78 is 0. The highest BCUT2D eigenvalue weighted by molar-refractivity contribution is 5.48. The minimum Gasteiger partial charge on any atom is -0.395 e. The Morgan fingerprint density at radius 1 is 0.581 bits per heavy atom. The van der Waals surface area contributed by atoms with Gasteiger partial charge in [-0.05, 0) is 64.5 Å². The highest BCUT2D eigenvalue weighted by atomic mass is 16.3. The van der Waals surface area contributed by atoms with Crippen LogP contribution >= 0.6 is 0 Å². The third kappa shape index (κ3) is 25.2. The van der Waals surface area contributed by atoms with E-state index < -0.39 is 0 Å². The smallest absolute Gasteiger partial charge is 0.119 e. The molecule has 0 amide bonds. The van der Waals surface area contributed by atoms with E-state index in [9.17, 15) is 9.90 Å². The lowest BCUT2D eigenvalue weighted by Gasteiger charge is -2.21. The van der Waals surface area contributed by atoms with Crippen LogP contribution in [0.2, 0.25) is 0 Å². The molecular formula is C28H53NO2. The fraction of sp³-hybridized carbons (Fsp3) is 0.821. The Labute approximate surface area is 194 Å². The third-order valence-corrected chi connectivity index (χ3v) is 5.89. The standard InChI is InChI=1S/C28H53NO2/c1-2-3-4-5-6-7-8-9-10-11-12-13-14-15-18-21-24-29(26-28-31)25-22-19-16-17-20-23-27-30/h6-7,9-10,27,31H,2-5,8,11-26,28H2,1H3/b7-6-,10-9-. The van der Waals surface area contributed by atoms with Crippen molar-refractivity contribution in [2.75, 3.05) is 26.2 Å². The number of nitrogens with zero attached hydrogens (tertiary/aromatic N) is 1. The van der Waals surface area contributed by atoms with Crippen LogP contribution in [-0.2, 0) is 4.79 Å². The van der Waals surface area contributed by atoms with Crippen LogP contribution in [0, 0.1) is 0 Å². The summed E-state index contributed by atoms with van der Waals surface area (Å²) in [6, 6.07) is 0. The monoisotopic (exact) mass is 435 g/mol. The SMILES string of the molecule is CCCCC/C=C\C/C=C\CCCCCCCCN(CCO)CCCCCCCC=O. The van der Waals surface area contributed by atoms with Gasteiger partial charge in [-0.3, -0.25) is 0 Å². The number of aliphatic hydroxyl groups is 1. The Hall–Kier alpha value is -0.930. The van der Waals surface area contributed by atoms with E-state index in [-0.39, 0.29) is 6.61 Å². The molecule has 0 aliphatic heterocycles. The van der Waals surface area contributed by atoms with Gasteiger partial charge in [0.05, 0.1) is 6.61 Å². The molecule has 0 aromatic rings. The van der Waals surface area contributed by atoms with Gasteiger partial charge in [0, 0.05) is 13.0 Å². The third-order valence-electron chi connectivity index (χ3n) is 5.89. The summed E-state index contributed by atoms with van der Waals surface area (Å²) in [5.74, 6) is 0. The lowest BCUT2D eigenvalue weighted by atomic mass is 10.1. The molecule has 0 rings (SSSR count). The van der Waals surface area contributed by atoms with Gasteiger partial charge >= 0.3 is 0 Å². The van der Waals surface area contributed by atoms with Crippen LogP contribution in [0.1, 0.15) is 122 Å². The predicted octanol–water partition coefficient (Wildman–Crippen LogP) is 7.63. The first-order valence-electron chi connectivity index (χ1n) is 13.4. The summed E-state index contributed by atoms with van der Waals surface area (Å²) in [4.78, 5) is 12.7. The second kappa shape index (κ2) is 27.1. The van der Waals surface area contributed by atoms with Gasteiger partial charge in [0.15, 0.2) is 0 Å². The molecule has 3 heteroatoms. The van der Waals surface area contributed by atoms with Crippen LogP contribution in [0.4, 0.5) is 0 Å². The van der Waals surface area contributed by atoms with Crippen molar-refractivity contribution < 1.29 is 9.90 Å². The molecule has 0 saturated carbocycles. The molecule has 0 atom stereocenters. The molecule has 0 aromatic carbocycles. The van der Waals surface area contributed by atoms with Crippen LogP contribution in [0.15, 0.2) is 24.3 Å². The first kappa shape index (κ1) is 30.1. The molecule has 0 aromatic heterocycles. The molecule has 0 unspecified atom stereocenters. The minimum atomic E-state index is 0.265. The summed E-state index contributed by atoms with van der Waals surface area (Å²) in [5.41, 5.74) is 0. The van der Waals surface area contributed by atoms with Crippen molar-refractivity contribution in [2.24, 2.45) is 0 Å². The van der Waals surface area contributed by atoms with Crippen molar-refractivity contribution >= 4 is 6.29 Å². The Balaban J connectivity index is 3.46. The van der Waals surface area contributed by atoms with E-state index in [0.29, 0.717) is 6.42 Å². The maximum absolute atomic E-state index is 10.3. The zero-order valence-corrected chi connectivity index (χ0v) is 20.7. The van der Waals surface area contributed by atoms with Crippen molar-refractivity contribution in [3.05, 3.63) is 24.3 Å². The topological polar surface area (TPSA) is 40.5 Å². The van der Waals surface area contributed by atoms with Gasteiger partial charge in [0.2, 0.25) is 0 Å². The molecule has 0 aliphatic carbocycles. The van der Waals surface area contributed by atoms with E-state index >= 15 is 0 Å². The number of unbranched alkanes of at least 4 members (excludes halogenated alkanes) is 14. The summed E-state index contributed by atoms with van der Waals surface area (Å²) in [5, 5.41) is 9.29. The molecule has 0 spiro atoms. The highest BCUT2D eigenvalue weighted by Crippen LogP contribution is 2.10. The second-order valence-corrected chi connectivity index (χ2v) is 8.87. The normalized spacial score (nSPS) is 12.0. The number of carbonyl (C=O) groups excluding carboxylic acids is 1. The maximum atomic E-state index is 10.3. The molecule has 0 radical (unpaired) electrons. The van der Waals surface area contributed by atoms with Gasteiger partial charge < -0.3 is 14.8 Å². The van der Waals surface area contributed by atoms with Gasteiger partial charge in [-0.25, -0.2) is 0 Å². The summed E-state index contributed by atoms with van der Waals surface area (Å²) in [7, 11) is 0. The molecule has 0 fully saturated rings. The number of aliphatic hydroxyl groups excluding tert-OH is 1. The molecule has 0 saturated heterocycles. The summed E-state index contributed by atoms with van der Waals surface area (Å²) >= 11 is 0. The largest absolute Gasteiger partial charge is 0.395 e. The molecule has 1 N–H and O–H groups in total. The summed E-state index contributed by atoms with van der Waals surface area (Å²) in [6.45, 7) is 5.56. The molecule has 0 bridgehead atoms. The van der Waals surface area contributed by atoms with E-state index in [0.717, 1.165) is 38.8 Å². The van der Waals surface area contributed by atoms with Crippen LogP contribution in [0.25, 0.3) is 0 Å². The number of carbonyl (C=O) groups is 1. The van der Waals surface area contributed by atoms with E-state index in [4.69, 9.17) is 0 Å². The Kier molecular flexibility index (Phi) is 26.3. The average molecular weight is 436 g/mol. The van der Waals surface area contributed by atoms with Crippen molar-refractivity contribution in [3.8, 4) is 0 Å². The Morgan fingerprint density at radius 3 is 1.58 bits per heavy atom. The highest BCUT2D eigenvalue weighted by Gasteiger charge is 2.04. The number of hydrogen-bond donors (Lipinski definition) is 1.